The van der Waals surface area contributed by atoms with Crippen molar-refractivity contribution in [1.82, 2.24) is 4.31 Å². The van der Waals surface area contributed by atoms with E-state index < -0.39 is 33.9 Å². The van der Waals surface area contributed by atoms with Gasteiger partial charge in [-0.2, -0.15) is 0 Å². The fourth-order valence-corrected chi connectivity index (χ4v) is 4.71. The Balaban J connectivity index is 1.99. The first-order valence-electron chi connectivity index (χ1n) is 8.76. The number of hydrogen-bond donors (Lipinski definition) is 0. The Hall–Kier alpha value is -2.87. The molecule has 1 aliphatic heterocycles. The van der Waals surface area contributed by atoms with Crippen LogP contribution in [0, 0.1) is 6.92 Å². The molecule has 1 saturated heterocycles. The zero-order valence-electron chi connectivity index (χ0n) is 15.8. The molecular formula is C20H21NO6S. The van der Waals surface area contributed by atoms with Crippen molar-refractivity contribution < 1.29 is 27.5 Å². The summed E-state index contributed by atoms with van der Waals surface area (Å²) in [5.41, 5.74) is 1.41. The molecule has 8 heteroatoms. The number of nitrogens with zero attached hydrogens (tertiary/aromatic N) is 1. The summed E-state index contributed by atoms with van der Waals surface area (Å²) in [4.78, 5) is 25.3. The fraction of sp³-hybridized carbons (Fsp3) is 0.300. The third-order valence-corrected chi connectivity index (χ3v) is 6.43. The Morgan fingerprint density at radius 1 is 1.07 bits per heavy atom. The molecule has 0 radical (unpaired) electrons. The Labute approximate surface area is 163 Å². The van der Waals surface area contributed by atoms with Crippen molar-refractivity contribution in [3.8, 4) is 5.75 Å². The number of amides is 1. The van der Waals surface area contributed by atoms with Gasteiger partial charge in [-0.1, -0.05) is 29.8 Å². The number of β-lactam (4-membered cyclic amide) rings is 1. The molecule has 0 aliphatic carbocycles. The number of rotatable bonds is 6. The van der Waals surface area contributed by atoms with E-state index in [0.717, 1.165) is 5.56 Å². The Kier molecular flexibility index (Phi) is 5.42. The summed E-state index contributed by atoms with van der Waals surface area (Å²) in [7, 11) is -2.66. The number of carbonyl (C=O) groups excluding carboxylic acids is 2. The Morgan fingerprint density at radius 2 is 1.68 bits per heavy atom. The lowest BCUT2D eigenvalue weighted by Gasteiger charge is -2.44. The molecule has 2 atom stereocenters. The lowest BCUT2D eigenvalue weighted by molar-refractivity contribution is -0.162. The van der Waals surface area contributed by atoms with Crippen LogP contribution in [0.4, 0.5) is 0 Å². The predicted octanol–water partition coefficient (Wildman–Crippen LogP) is 2.25. The van der Waals surface area contributed by atoms with Crippen LogP contribution in [0.5, 0.6) is 5.75 Å². The average molecular weight is 403 g/mol. The SMILES string of the molecule is CCOC(=O)[C@H]1[C@@H](c2ccc(OC)cc2)C(=O)N1S(=O)(=O)c1ccc(C)cc1. The summed E-state index contributed by atoms with van der Waals surface area (Å²) in [6.45, 7) is 3.53. The minimum absolute atomic E-state index is 0.0473. The van der Waals surface area contributed by atoms with E-state index in [4.69, 9.17) is 9.47 Å². The number of methoxy groups -OCH3 is 1. The summed E-state index contributed by atoms with van der Waals surface area (Å²) < 4.78 is 36.8. The molecule has 0 unspecified atom stereocenters. The maximum atomic E-state index is 13.0. The largest absolute Gasteiger partial charge is 0.497 e. The van der Waals surface area contributed by atoms with Crippen molar-refractivity contribution in [1.29, 1.82) is 0 Å². The van der Waals surface area contributed by atoms with Gasteiger partial charge in [0.2, 0.25) is 5.91 Å². The van der Waals surface area contributed by atoms with Gasteiger partial charge in [-0.3, -0.25) is 4.79 Å². The molecule has 1 fully saturated rings. The third kappa shape index (κ3) is 3.35. The van der Waals surface area contributed by atoms with Gasteiger partial charge in [0.1, 0.15) is 5.75 Å². The summed E-state index contributed by atoms with van der Waals surface area (Å²) >= 11 is 0. The van der Waals surface area contributed by atoms with Crippen LogP contribution in [-0.2, 0) is 24.3 Å². The van der Waals surface area contributed by atoms with E-state index in [-0.39, 0.29) is 11.5 Å². The van der Waals surface area contributed by atoms with Crippen LogP contribution in [0.15, 0.2) is 53.4 Å². The molecule has 3 rings (SSSR count). The van der Waals surface area contributed by atoms with Gasteiger partial charge in [0.15, 0.2) is 6.04 Å². The Bertz CT molecular complexity index is 982. The summed E-state index contributed by atoms with van der Waals surface area (Å²) in [5, 5.41) is 0. The van der Waals surface area contributed by atoms with Crippen LogP contribution >= 0.6 is 0 Å². The van der Waals surface area contributed by atoms with Gasteiger partial charge in [0, 0.05) is 0 Å². The lowest BCUT2D eigenvalue weighted by Crippen LogP contribution is -2.64. The van der Waals surface area contributed by atoms with Gasteiger partial charge in [0.25, 0.3) is 10.0 Å². The summed E-state index contributed by atoms with van der Waals surface area (Å²) in [6.07, 6.45) is 0. The molecule has 1 amide bonds. The van der Waals surface area contributed by atoms with E-state index in [1.807, 2.05) is 6.92 Å². The number of aryl methyl sites for hydroxylation is 1. The molecular weight excluding hydrogens is 382 g/mol. The van der Waals surface area contributed by atoms with Crippen molar-refractivity contribution in [3.05, 3.63) is 59.7 Å². The van der Waals surface area contributed by atoms with Crippen molar-refractivity contribution >= 4 is 21.9 Å². The van der Waals surface area contributed by atoms with Gasteiger partial charge in [-0.25, -0.2) is 17.5 Å². The van der Waals surface area contributed by atoms with Crippen molar-refractivity contribution in [2.24, 2.45) is 0 Å². The van der Waals surface area contributed by atoms with E-state index in [1.165, 1.54) is 19.2 Å². The maximum Gasteiger partial charge on any atom is 0.331 e. The first kappa shape index (κ1) is 19.9. The number of ether oxygens (including phenoxy) is 2. The fourth-order valence-electron chi connectivity index (χ4n) is 3.15. The zero-order valence-corrected chi connectivity index (χ0v) is 16.6. The molecule has 7 nitrogen and oxygen atoms in total. The highest BCUT2D eigenvalue weighted by Crippen LogP contribution is 2.41. The topological polar surface area (TPSA) is 90.0 Å². The van der Waals surface area contributed by atoms with Gasteiger partial charge in [-0.05, 0) is 43.7 Å². The smallest absolute Gasteiger partial charge is 0.331 e. The highest BCUT2D eigenvalue weighted by atomic mass is 32.2. The number of esters is 1. The Morgan fingerprint density at radius 3 is 2.21 bits per heavy atom. The van der Waals surface area contributed by atoms with E-state index in [9.17, 15) is 18.0 Å². The van der Waals surface area contributed by atoms with Gasteiger partial charge in [0.05, 0.1) is 24.5 Å². The average Bonchev–Trinajstić information content (AvgIpc) is 2.67. The van der Waals surface area contributed by atoms with Crippen LogP contribution in [-0.4, -0.2) is 44.4 Å². The minimum atomic E-state index is -4.18. The standard InChI is InChI=1S/C20H21NO6S/c1-4-27-20(23)18-17(14-7-9-15(26-3)10-8-14)19(22)21(18)28(24,25)16-11-5-13(2)6-12-16/h5-12,17-18H,4H2,1-3H3/t17-,18-/m1/s1. The predicted molar refractivity (Wildman–Crippen MR) is 101 cm³/mol. The first-order valence-corrected chi connectivity index (χ1v) is 10.2. The second-order valence-corrected chi connectivity index (χ2v) is 8.21. The quantitative estimate of drug-likeness (QED) is 0.543. The van der Waals surface area contributed by atoms with Crippen LogP contribution in [0.2, 0.25) is 0 Å². The monoisotopic (exact) mass is 403 g/mol. The minimum Gasteiger partial charge on any atom is -0.497 e. The van der Waals surface area contributed by atoms with Gasteiger partial charge < -0.3 is 9.47 Å². The molecule has 148 valence electrons. The molecule has 0 saturated carbocycles. The van der Waals surface area contributed by atoms with Crippen LogP contribution in [0.3, 0.4) is 0 Å². The summed E-state index contributed by atoms with van der Waals surface area (Å²) in [5.74, 6) is -1.75. The molecule has 1 aliphatic rings. The van der Waals surface area contributed by atoms with E-state index in [0.29, 0.717) is 15.6 Å². The van der Waals surface area contributed by atoms with Gasteiger partial charge in [-0.15, -0.1) is 0 Å². The highest BCUT2D eigenvalue weighted by Gasteiger charge is 2.58. The number of hydrogen-bond acceptors (Lipinski definition) is 6. The maximum absolute atomic E-state index is 13.0. The van der Waals surface area contributed by atoms with Crippen molar-refractivity contribution in [2.75, 3.05) is 13.7 Å². The van der Waals surface area contributed by atoms with E-state index in [1.54, 1.807) is 43.3 Å². The van der Waals surface area contributed by atoms with Crippen LogP contribution in [0.25, 0.3) is 0 Å². The van der Waals surface area contributed by atoms with E-state index in [2.05, 4.69) is 0 Å². The molecule has 1 heterocycles. The molecule has 0 spiro atoms. The number of carbonyl (C=O) groups is 2. The molecule has 0 N–H and O–H groups in total. The number of benzene rings is 2. The molecule has 2 aromatic rings. The van der Waals surface area contributed by atoms with Crippen molar-refractivity contribution in [2.45, 2.75) is 30.7 Å². The van der Waals surface area contributed by atoms with E-state index >= 15 is 0 Å². The molecule has 28 heavy (non-hydrogen) atoms. The number of sulfonamides is 1. The normalized spacial score (nSPS) is 19.1. The molecule has 2 aromatic carbocycles. The van der Waals surface area contributed by atoms with Crippen molar-refractivity contribution in [3.63, 3.8) is 0 Å². The second kappa shape index (κ2) is 7.63. The first-order chi connectivity index (χ1) is 13.3. The second-order valence-electron chi connectivity index (χ2n) is 6.40. The highest BCUT2D eigenvalue weighted by molar-refractivity contribution is 7.89. The van der Waals surface area contributed by atoms with Crippen LogP contribution < -0.4 is 4.74 Å². The van der Waals surface area contributed by atoms with Gasteiger partial charge >= 0.3 is 5.97 Å². The molecule has 0 aromatic heterocycles. The lowest BCUT2D eigenvalue weighted by atomic mass is 9.84. The zero-order chi connectivity index (χ0) is 20.5. The molecule has 0 bridgehead atoms. The third-order valence-electron chi connectivity index (χ3n) is 4.63. The van der Waals surface area contributed by atoms with Crippen LogP contribution in [0.1, 0.15) is 24.0 Å². The summed E-state index contributed by atoms with van der Waals surface area (Å²) in [6, 6.07) is 11.5.